The Morgan fingerprint density at radius 1 is 1.57 bits per heavy atom. The molecule has 0 aliphatic carbocycles. The molecule has 0 saturated heterocycles. The van der Waals surface area contributed by atoms with Gasteiger partial charge in [0.25, 0.3) is 0 Å². The van der Waals surface area contributed by atoms with Crippen LogP contribution in [0.25, 0.3) is 0 Å². The van der Waals surface area contributed by atoms with Gasteiger partial charge in [-0.25, -0.2) is 5.11 Å². The standard InChI is InChI=1S/C4H7Cl2O/c1-4(2,6)3(5)7/h3H,1-2H3. The van der Waals surface area contributed by atoms with E-state index in [1.165, 1.54) is 0 Å². The van der Waals surface area contributed by atoms with E-state index >= 15 is 0 Å². The van der Waals surface area contributed by atoms with Gasteiger partial charge in [0.15, 0.2) is 5.56 Å². The molecule has 7 heavy (non-hydrogen) atoms. The fourth-order valence-electron chi connectivity index (χ4n) is 0. The lowest BCUT2D eigenvalue weighted by atomic mass is 10.2. The van der Waals surface area contributed by atoms with Crippen molar-refractivity contribution in [1.29, 1.82) is 0 Å². The van der Waals surface area contributed by atoms with Crippen molar-refractivity contribution in [3.8, 4) is 0 Å². The molecule has 0 aromatic rings. The van der Waals surface area contributed by atoms with Crippen molar-refractivity contribution >= 4 is 23.2 Å². The molecule has 0 spiro atoms. The summed E-state index contributed by atoms with van der Waals surface area (Å²) in [5.41, 5.74) is -1.21. The van der Waals surface area contributed by atoms with Crippen molar-refractivity contribution in [2.24, 2.45) is 0 Å². The Morgan fingerprint density at radius 2 is 1.71 bits per heavy atom. The van der Waals surface area contributed by atoms with Gasteiger partial charge < -0.3 is 0 Å². The van der Waals surface area contributed by atoms with Crippen LogP contribution in [-0.2, 0) is 5.11 Å². The number of alkyl halides is 2. The van der Waals surface area contributed by atoms with Gasteiger partial charge in [-0.2, -0.15) is 0 Å². The average molecular weight is 142 g/mol. The van der Waals surface area contributed by atoms with Gasteiger partial charge in [0.1, 0.15) is 0 Å². The van der Waals surface area contributed by atoms with Crippen molar-refractivity contribution in [2.45, 2.75) is 24.3 Å². The van der Waals surface area contributed by atoms with Crippen LogP contribution in [0.2, 0.25) is 0 Å². The Balaban J connectivity index is 3.54. The van der Waals surface area contributed by atoms with Crippen LogP contribution in [0.15, 0.2) is 0 Å². The molecule has 1 unspecified atom stereocenters. The molecule has 43 valence electrons. The van der Waals surface area contributed by atoms with Crippen molar-refractivity contribution in [1.82, 2.24) is 0 Å². The minimum Gasteiger partial charge on any atom is -0.214 e. The molecule has 0 bridgehead atoms. The molecule has 0 saturated carbocycles. The van der Waals surface area contributed by atoms with Gasteiger partial charge in [-0.15, -0.1) is 11.6 Å². The second-order valence-electron chi connectivity index (χ2n) is 1.88. The van der Waals surface area contributed by atoms with E-state index in [-0.39, 0.29) is 0 Å². The van der Waals surface area contributed by atoms with Crippen LogP contribution < -0.4 is 0 Å². The molecule has 0 aliphatic heterocycles. The summed E-state index contributed by atoms with van der Waals surface area (Å²) in [7, 11) is 0. The average Bonchev–Trinajstić information content (AvgIpc) is 1.31. The molecule has 0 N–H and O–H groups in total. The lowest BCUT2D eigenvalue weighted by Crippen LogP contribution is -2.22. The van der Waals surface area contributed by atoms with E-state index in [4.69, 9.17) is 23.2 Å². The van der Waals surface area contributed by atoms with E-state index in [0.29, 0.717) is 0 Å². The first-order chi connectivity index (χ1) is 2.94. The molecule has 0 amide bonds. The Kier molecular flexibility index (Phi) is 2.38. The highest BCUT2D eigenvalue weighted by Crippen LogP contribution is 2.20. The summed E-state index contributed by atoms with van der Waals surface area (Å²) in [6.45, 7) is 3.17. The first-order valence-corrected chi connectivity index (χ1v) is 2.75. The van der Waals surface area contributed by atoms with E-state index in [0.717, 1.165) is 0 Å². The zero-order valence-corrected chi connectivity index (χ0v) is 5.75. The van der Waals surface area contributed by atoms with Crippen LogP contribution in [0, 0.1) is 0 Å². The van der Waals surface area contributed by atoms with Crippen molar-refractivity contribution < 1.29 is 5.11 Å². The predicted molar refractivity (Wildman–Crippen MR) is 30.3 cm³/mol. The molecule has 0 aliphatic rings. The number of rotatable bonds is 1. The number of halogens is 2. The van der Waals surface area contributed by atoms with Crippen molar-refractivity contribution in [3.05, 3.63) is 0 Å². The van der Waals surface area contributed by atoms with Crippen LogP contribution in [0.1, 0.15) is 13.8 Å². The third kappa shape index (κ3) is 3.15. The van der Waals surface area contributed by atoms with Crippen LogP contribution in [0.3, 0.4) is 0 Å². The fourth-order valence-corrected chi connectivity index (χ4v) is 0. The molecule has 0 heterocycles. The summed E-state index contributed by atoms with van der Waals surface area (Å²) in [6, 6.07) is 0. The van der Waals surface area contributed by atoms with Gasteiger partial charge >= 0.3 is 0 Å². The van der Waals surface area contributed by atoms with E-state index in [9.17, 15) is 5.11 Å². The first-order valence-electron chi connectivity index (χ1n) is 1.93. The lowest BCUT2D eigenvalue weighted by molar-refractivity contribution is 0.130. The highest BCUT2D eigenvalue weighted by Gasteiger charge is 2.23. The molecule has 0 aromatic heterocycles. The summed E-state index contributed by atoms with van der Waals surface area (Å²) in [4.78, 5) is -0.818. The highest BCUT2D eigenvalue weighted by atomic mass is 35.5. The zero-order valence-electron chi connectivity index (χ0n) is 4.24. The van der Waals surface area contributed by atoms with Crippen molar-refractivity contribution in [3.63, 3.8) is 0 Å². The number of hydrogen-bond donors (Lipinski definition) is 0. The van der Waals surface area contributed by atoms with Gasteiger partial charge in [0.05, 0.1) is 4.87 Å². The lowest BCUT2D eigenvalue weighted by Gasteiger charge is -2.13. The molecular weight excluding hydrogens is 135 g/mol. The van der Waals surface area contributed by atoms with Gasteiger partial charge in [-0.1, -0.05) is 11.6 Å². The smallest absolute Gasteiger partial charge is 0.184 e. The minimum atomic E-state index is -1.21. The van der Waals surface area contributed by atoms with E-state index in [1.54, 1.807) is 13.8 Å². The quantitative estimate of drug-likeness (QED) is 0.499. The van der Waals surface area contributed by atoms with Crippen LogP contribution in [0.5, 0.6) is 0 Å². The predicted octanol–water partition coefficient (Wildman–Crippen LogP) is 2.00. The molecule has 1 atom stereocenters. The monoisotopic (exact) mass is 141 g/mol. The SMILES string of the molecule is CC(C)(Cl)C([O])Cl. The van der Waals surface area contributed by atoms with E-state index < -0.39 is 10.4 Å². The second kappa shape index (κ2) is 2.21. The Morgan fingerprint density at radius 3 is 1.71 bits per heavy atom. The summed E-state index contributed by atoms with van der Waals surface area (Å²) in [6.07, 6.45) is 0. The van der Waals surface area contributed by atoms with Crippen LogP contribution >= 0.6 is 23.2 Å². The Bertz CT molecular complexity index is 55.2. The normalized spacial score (nSPS) is 16.7. The van der Waals surface area contributed by atoms with Gasteiger partial charge in [0, 0.05) is 0 Å². The van der Waals surface area contributed by atoms with Crippen LogP contribution in [-0.4, -0.2) is 10.4 Å². The number of hydrogen-bond acceptors (Lipinski definition) is 0. The third-order valence-electron chi connectivity index (χ3n) is 0.540. The third-order valence-corrected chi connectivity index (χ3v) is 1.40. The molecular formula is C4H7Cl2O. The zero-order chi connectivity index (χ0) is 6.08. The maximum absolute atomic E-state index is 10.2. The Labute approximate surface area is 53.2 Å². The molecule has 1 nitrogen and oxygen atoms in total. The molecule has 0 fully saturated rings. The van der Waals surface area contributed by atoms with Gasteiger partial charge in [-0.05, 0) is 13.8 Å². The van der Waals surface area contributed by atoms with Crippen LogP contribution in [0.4, 0.5) is 0 Å². The minimum absolute atomic E-state index is 0.818. The fraction of sp³-hybridized carbons (Fsp3) is 1.00. The topological polar surface area (TPSA) is 19.9 Å². The first kappa shape index (κ1) is 7.54. The van der Waals surface area contributed by atoms with E-state index in [1.807, 2.05) is 0 Å². The summed E-state index contributed by atoms with van der Waals surface area (Å²) >= 11 is 10.5. The maximum Gasteiger partial charge on any atom is 0.184 e. The Hall–Kier alpha value is 0.540. The maximum atomic E-state index is 10.2. The van der Waals surface area contributed by atoms with Crippen molar-refractivity contribution in [2.75, 3.05) is 0 Å². The molecule has 3 heteroatoms. The summed E-state index contributed by atoms with van der Waals surface area (Å²) in [5, 5.41) is 10.2. The van der Waals surface area contributed by atoms with Gasteiger partial charge in [-0.3, -0.25) is 0 Å². The largest absolute Gasteiger partial charge is 0.214 e. The highest BCUT2D eigenvalue weighted by molar-refractivity contribution is 6.31. The molecule has 0 aromatic carbocycles. The van der Waals surface area contributed by atoms with Gasteiger partial charge in [0.2, 0.25) is 0 Å². The summed E-state index contributed by atoms with van der Waals surface area (Å²) < 4.78 is 0. The molecule has 0 rings (SSSR count). The molecule has 1 radical (unpaired) electrons. The summed E-state index contributed by atoms with van der Waals surface area (Å²) in [5.74, 6) is 0. The van der Waals surface area contributed by atoms with E-state index in [2.05, 4.69) is 0 Å². The second-order valence-corrected chi connectivity index (χ2v) is 3.25.